The van der Waals surface area contributed by atoms with E-state index in [2.05, 4.69) is 0 Å². The highest BCUT2D eigenvalue weighted by atomic mass is 16.7. The van der Waals surface area contributed by atoms with Gasteiger partial charge in [-0.1, -0.05) is 18.2 Å². The fraction of sp³-hybridized carbons (Fsp3) is 0.536. The van der Waals surface area contributed by atoms with Crippen molar-refractivity contribution in [2.24, 2.45) is 11.8 Å². The number of benzene rings is 1. The minimum Gasteiger partial charge on any atom is -0.463 e. The van der Waals surface area contributed by atoms with E-state index < -0.39 is 90.9 Å². The Morgan fingerprint density at radius 3 is 1.98 bits per heavy atom. The number of fused-ring (bicyclic) bond motifs is 1. The van der Waals surface area contributed by atoms with Gasteiger partial charge < -0.3 is 28.4 Å². The van der Waals surface area contributed by atoms with Crippen molar-refractivity contribution in [2.45, 2.75) is 77.3 Å². The first-order valence-corrected chi connectivity index (χ1v) is 13.3. The number of rotatable bonds is 8. The fourth-order valence-electron chi connectivity index (χ4n) is 5.50. The average Bonchev–Trinajstić information content (AvgIpc) is 3.15. The molecule has 14 nitrogen and oxygen atoms in total. The van der Waals surface area contributed by atoms with Crippen molar-refractivity contribution in [1.29, 1.82) is 0 Å². The van der Waals surface area contributed by atoms with E-state index in [1.807, 2.05) is 0 Å². The molecule has 2 aliphatic heterocycles. The number of anilines is 1. The van der Waals surface area contributed by atoms with Gasteiger partial charge in [0.05, 0.1) is 23.6 Å². The summed E-state index contributed by atoms with van der Waals surface area (Å²) < 4.78 is 33.3. The Morgan fingerprint density at radius 1 is 0.786 bits per heavy atom. The first kappa shape index (κ1) is 30.8. The molecule has 14 heteroatoms. The van der Waals surface area contributed by atoms with Crippen molar-refractivity contribution in [3.8, 4) is 0 Å². The lowest BCUT2D eigenvalue weighted by molar-refractivity contribution is -0.320. The molecule has 226 valence electrons. The van der Waals surface area contributed by atoms with Gasteiger partial charge in [-0.05, 0) is 12.1 Å². The Balaban J connectivity index is 1.70. The van der Waals surface area contributed by atoms with Gasteiger partial charge in [-0.2, -0.15) is 0 Å². The molecule has 0 radical (unpaired) electrons. The van der Waals surface area contributed by atoms with Gasteiger partial charge >= 0.3 is 23.9 Å². The third-order valence-corrected chi connectivity index (χ3v) is 7.03. The first-order valence-electron chi connectivity index (χ1n) is 13.3. The van der Waals surface area contributed by atoms with Gasteiger partial charge in [0.25, 0.3) is 0 Å². The van der Waals surface area contributed by atoms with Gasteiger partial charge in [0.1, 0.15) is 18.5 Å². The van der Waals surface area contributed by atoms with Gasteiger partial charge in [0.15, 0.2) is 24.6 Å². The SMILES string of the molecule is CC(=O)OC[C@@H]1O[C@@H](O[C@@H]2CC(=O)C[C@H]3C(=O)N(c4ccccc4)C(=O)[C@H]23)[C@@H](OC(C)=O)[C@@H](OC(C)=O)[C@H]1OC(C)=O. The molecule has 1 aliphatic carbocycles. The molecule has 0 aromatic heterocycles. The van der Waals surface area contributed by atoms with Crippen LogP contribution in [0.2, 0.25) is 0 Å². The molecule has 1 aromatic rings. The molecule has 0 spiro atoms. The smallest absolute Gasteiger partial charge is 0.303 e. The van der Waals surface area contributed by atoms with Crippen LogP contribution >= 0.6 is 0 Å². The van der Waals surface area contributed by atoms with Crippen molar-refractivity contribution in [2.75, 3.05) is 11.5 Å². The van der Waals surface area contributed by atoms with Gasteiger partial charge in [0, 0.05) is 40.5 Å². The summed E-state index contributed by atoms with van der Waals surface area (Å²) in [7, 11) is 0. The summed E-state index contributed by atoms with van der Waals surface area (Å²) >= 11 is 0. The first-order chi connectivity index (χ1) is 19.9. The number of amides is 2. The number of hydrogen-bond acceptors (Lipinski definition) is 13. The van der Waals surface area contributed by atoms with Crippen LogP contribution in [0, 0.1) is 11.8 Å². The normalized spacial score (nSPS) is 30.8. The van der Waals surface area contributed by atoms with Crippen LogP contribution in [-0.2, 0) is 62.0 Å². The molecular weight excluding hydrogens is 558 g/mol. The minimum atomic E-state index is -1.60. The van der Waals surface area contributed by atoms with E-state index in [9.17, 15) is 33.6 Å². The Hall–Kier alpha value is -4.17. The van der Waals surface area contributed by atoms with Gasteiger partial charge in [-0.3, -0.25) is 33.6 Å². The molecule has 0 N–H and O–H groups in total. The van der Waals surface area contributed by atoms with Crippen molar-refractivity contribution < 1.29 is 62.0 Å². The highest BCUT2D eigenvalue weighted by Gasteiger charge is 2.58. The zero-order valence-electron chi connectivity index (χ0n) is 23.4. The fourth-order valence-corrected chi connectivity index (χ4v) is 5.50. The molecular formula is C28H31NO13. The minimum absolute atomic E-state index is 0.170. The number of carbonyl (C=O) groups is 7. The third-order valence-electron chi connectivity index (χ3n) is 7.03. The number of Topliss-reactive ketones (excluding diaryl/α,β-unsaturated/α-hetero) is 1. The summed E-state index contributed by atoms with van der Waals surface area (Å²) in [6, 6.07) is 8.22. The van der Waals surface area contributed by atoms with E-state index in [4.69, 9.17) is 28.4 Å². The predicted molar refractivity (Wildman–Crippen MR) is 137 cm³/mol. The molecule has 42 heavy (non-hydrogen) atoms. The van der Waals surface area contributed by atoms with E-state index in [0.29, 0.717) is 5.69 Å². The molecule has 3 aliphatic rings. The molecule has 2 heterocycles. The average molecular weight is 590 g/mol. The summed E-state index contributed by atoms with van der Waals surface area (Å²) in [6.07, 6.45) is -8.97. The van der Waals surface area contributed by atoms with E-state index in [0.717, 1.165) is 32.6 Å². The number of nitrogens with zero attached hydrogens (tertiary/aromatic N) is 1. The van der Waals surface area contributed by atoms with Crippen LogP contribution in [0.25, 0.3) is 0 Å². The Morgan fingerprint density at radius 2 is 1.38 bits per heavy atom. The van der Waals surface area contributed by atoms with Crippen molar-refractivity contribution >= 4 is 47.2 Å². The van der Waals surface area contributed by atoms with Crippen molar-refractivity contribution in [3.63, 3.8) is 0 Å². The Labute approximate surface area is 240 Å². The summed E-state index contributed by atoms with van der Waals surface area (Å²) in [5, 5.41) is 0. The molecule has 2 amide bonds. The monoisotopic (exact) mass is 589 g/mol. The van der Waals surface area contributed by atoms with E-state index in [1.54, 1.807) is 30.3 Å². The maximum absolute atomic E-state index is 13.6. The van der Waals surface area contributed by atoms with Gasteiger partial charge in [0.2, 0.25) is 11.8 Å². The summed E-state index contributed by atoms with van der Waals surface area (Å²) in [4.78, 5) is 88.4. The predicted octanol–water partition coefficient (Wildman–Crippen LogP) is 0.623. The second kappa shape index (κ2) is 12.8. The molecule has 3 fully saturated rings. The zero-order chi connectivity index (χ0) is 30.7. The maximum atomic E-state index is 13.6. The molecule has 1 aromatic carbocycles. The second-order valence-electron chi connectivity index (χ2n) is 10.2. The summed E-state index contributed by atoms with van der Waals surface area (Å²) in [6.45, 7) is 3.90. The quantitative estimate of drug-likeness (QED) is 0.234. The highest BCUT2D eigenvalue weighted by molar-refractivity contribution is 6.23. The highest BCUT2D eigenvalue weighted by Crippen LogP contribution is 2.42. The molecule has 8 atom stereocenters. The Kier molecular flexibility index (Phi) is 9.36. The molecule has 0 unspecified atom stereocenters. The number of hydrogen-bond donors (Lipinski definition) is 0. The van der Waals surface area contributed by atoms with Crippen LogP contribution in [-0.4, -0.2) is 84.9 Å². The molecule has 0 bridgehead atoms. The number of imide groups is 1. The zero-order valence-corrected chi connectivity index (χ0v) is 23.4. The van der Waals surface area contributed by atoms with Crippen LogP contribution in [0.1, 0.15) is 40.5 Å². The number of esters is 4. The van der Waals surface area contributed by atoms with E-state index in [1.165, 1.54) is 0 Å². The van der Waals surface area contributed by atoms with E-state index in [-0.39, 0.29) is 18.6 Å². The maximum Gasteiger partial charge on any atom is 0.303 e. The second-order valence-corrected chi connectivity index (χ2v) is 10.2. The standard InChI is InChI=1S/C28H31NO13/c1-13(30)37-12-21-23(38-14(2)31)24(39-15(3)32)25(40-16(4)33)28(42-21)41-20-11-18(34)10-19-22(20)27(36)29(26(19)35)17-8-6-5-7-9-17/h5-9,19-25,28H,10-12H2,1-4H3/t19-,20-,21+,22+,23+,24+,25+,28-/m1/s1. The van der Waals surface area contributed by atoms with Crippen LogP contribution < -0.4 is 4.90 Å². The lowest BCUT2D eigenvalue weighted by Crippen LogP contribution is -2.63. The number of ketones is 1. The van der Waals surface area contributed by atoms with Crippen LogP contribution in [0.4, 0.5) is 5.69 Å². The molecule has 1 saturated carbocycles. The molecule has 2 saturated heterocycles. The Bertz CT molecular complexity index is 1260. The van der Waals surface area contributed by atoms with E-state index >= 15 is 0 Å². The third kappa shape index (κ3) is 6.65. The van der Waals surface area contributed by atoms with Crippen LogP contribution in [0.5, 0.6) is 0 Å². The van der Waals surface area contributed by atoms with Gasteiger partial charge in [-0.15, -0.1) is 0 Å². The largest absolute Gasteiger partial charge is 0.463 e. The summed E-state index contributed by atoms with van der Waals surface area (Å²) in [5.74, 6) is -6.73. The topological polar surface area (TPSA) is 178 Å². The number of para-hydroxylation sites is 1. The van der Waals surface area contributed by atoms with Gasteiger partial charge in [-0.25, -0.2) is 4.90 Å². The lowest BCUT2D eigenvalue weighted by Gasteiger charge is -2.45. The van der Waals surface area contributed by atoms with Crippen LogP contribution in [0.15, 0.2) is 30.3 Å². The number of ether oxygens (including phenoxy) is 6. The van der Waals surface area contributed by atoms with Crippen LogP contribution in [0.3, 0.4) is 0 Å². The van der Waals surface area contributed by atoms with Crippen molar-refractivity contribution in [1.82, 2.24) is 0 Å². The summed E-state index contributed by atoms with van der Waals surface area (Å²) in [5.41, 5.74) is 0.334. The molecule has 4 rings (SSSR count). The lowest BCUT2D eigenvalue weighted by atomic mass is 9.78. The van der Waals surface area contributed by atoms with Crippen molar-refractivity contribution in [3.05, 3.63) is 30.3 Å². The number of carbonyl (C=O) groups excluding carboxylic acids is 7.